The molecule has 6 N–H and O–H groups in total. The molecule has 2 aliphatic carbocycles. The van der Waals surface area contributed by atoms with E-state index in [1.165, 1.54) is 10.8 Å². The molecule has 4 unspecified atom stereocenters. The van der Waals surface area contributed by atoms with Crippen LogP contribution in [0.15, 0.2) is 110 Å². The molecule has 0 amide bonds. The van der Waals surface area contributed by atoms with Crippen LogP contribution in [0.2, 0.25) is 0 Å². The molecule has 10 bridgehead atoms. The first-order valence-corrected chi connectivity index (χ1v) is 33.6. The van der Waals surface area contributed by atoms with Gasteiger partial charge in [0.1, 0.15) is 11.4 Å². The maximum atomic E-state index is 14.4. The van der Waals surface area contributed by atoms with Gasteiger partial charge in [0.2, 0.25) is 0 Å². The van der Waals surface area contributed by atoms with Crippen molar-refractivity contribution in [1.82, 2.24) is 39.5 Å². The monoisotopic (exact) mass is 1160 g/mol. The number of nitrogens with zero attached hydrogens (tertiary/aromatic N) is 6. The molecule has 16 atom stereocenters. The zero-order valence-corrected chi connectivity index (χ0v) is 50.1. The summed E-state index contributed by atoms with van der Waals surface area (Å²) in [7, 11) is 0. The molecule has 18 rings (SSSR count). The number of hydrogen-bond donors (Lipinski definition) is 6. The third kappa shape index (κ3) is 8.39. The fourth-order valence-corrected chi connectivity index (χ4v) is 21.1. The molecule has 10 aliphatic heterocycles. The quantitative estimate of drug-likeness (QED) is 0.0909. The number of allylic oxidation sites excluding steroid dienone is 6. The highest BCUT2D eigenvalue weighted by Crippen LogP contribution is 2.68. The first-order valence-electron chi connectivity index (χ1n) is 33.6. The number of hydrogen-bond acceptors (Lipinski definition) is 12. The number of aliphatic hydroxyl groups is 4. The molecule has 452 valence electrons. The number of rotatable bonds is 2. The Balaban J connectivity index is 0.805. The number of benzene rings is 2. The molecular formula is C72H88N8O6. The Hall–Kier alpha value is -5.10. The molecule has 6 aromatic rings. The Kier molecular flexibility index (Phi) is 13.3. The van der Waals surface area contributed by atoms with Crippen LogP contribution in [0.25, 0.3) is 54.8 Å². The Bertz CT molecular complexity index is 3740. The van der Waals surface area contributed by atoms with Crippen LogP contribution >= 0.6 is 0 Å². The topological polar surface area (TPSA) is 170 Å². The molecular weight excluding hydrogens is 1070 g/mol. The highest BCUT2D eigenvalue weighted by molar-refractivity contribution is 6.11. The Labute approximate surface area is 505 Å². The van der Waals surface area contributed by atoms with Gasteiger partial charge in [-0.25, -0.2) is 0 Å². The maximum Gasteiger partial charge on any atom is 0.123 e. The summed E-state index contributed by atoms with van der Waals surface area (Å²) in [6, 6.07) is 20.7. The normalized spacial score (nSPS) is 42.0. The summed E-state index contributed by atoms with van der Waals surface area (Å²) < 4.78 is 16.3. The van der Waals surface area contributed by atoms with E-state index in [-0.39, 0.29) is 23.9 Å². The number of ether oxygens (including phenoxy) is 2. The zero-order valence-electron chi connectivity index (χ0n) is 50.1. The molecule has 12 aliphatic rings. The average Bonchev–Trinajstić information content (AvgIpc) is 1.50. The summed E-state index contributed by atoms with van der Waals surface area (Å²) in [5.41, 5.74) is 3.10. The lowest BCUT2D eigenvalue weighted by atomic mass is 9.54. The highest BCUT2D eigenvalue weighted by atomic mass is 16.6. The number of aromatic nitrogens is 4. The molecule has 14 heteroatoms. The van der Waals surface area contributed by atoms with Crippen molar-refractivity contribution in [2.75, 3.05) is 52.4 Å². The van der Waals surface area contributed by atoms with Crippen molar-refractivity contribution in [3.63, 3.8) is 0 Å². The van der Waals surface area contributed by atoms with Gasteiger partial charge in [0.05, 0.1) is 70.1 Å². The summed E-state index contributed by atoms with van der Waals surface area (Å²) in [5, 5.41) is 59.7. The number of H-pyrrole nitrogens is 2. The van der Waals surface area contributed by atoms with E-state index in [9.17, 15) is 20.4 Å². The zero-order chi connectivity index (χ0) is 57.6. The second-order valence-electron chi connectivity index (χ2n) is 28.9. The highest BCUT2D eigenvalue weighted by Gasteiger charge is 2.74. The molecule has 86 heavy (non-hydrogen) atoms. The van der Waals surface area contributed by atoms with Gasteiger partial charge in [-0.15, -0.1) is 0 Å². The van der Waals surface area contributed by atoms with Crippen LogP contribution in [0.4, 0.5) is 0 Å². The van der Waals surface area contributed by atoms with E-state index in [0.29, 0.717) is 77.3 Å². The lowest BCUT2D eigenvalue weighted by Gasteiger charge is -2.58. The summed E-state index contributed by atoms with van der Waals surface area (Å²) in [4.78, 5) is 28.9. The number of aromatic amines is 2. The van der Waals surface area contributed by atoms with Crippen LogP contribution in [-0.4, -0.2) is 171 Å². The Morgan fingerprint density at radius 1 is 0.477 bits per heavy atom. The van der Waals surface area contributed by atoms with Crippen LogP contribution in [0.5, 0.6) is 0 Å². The van der Waals surface area contributed by atoms with Crippen LogP contribution in [0.1, 0.15) is 140 Å². The minimum Gasteiger partial charge on any atom is -0.390 e. The lowest BCUT2D eigenvalue weighted by Crippen LogP contribution is -2.66. The van der Waals surface area contributed by atoms with E-state index in [1.807, 2.05) is 12.4 Å². The second-order valence-corrected chi connectivity index (χ2v) is 28.9. The van der Waals surface area contributed by atoms with E-state index in [0.717, 1.165) is 159 Å². The molecule has 0 radical (unpaired) electrons. The molecule has 0 saturated carbocycles. The predicted molar refractivity (Wildman–Crippen MR) is 337 cm³/mol. The third-order valence-electron chi connectivity index (χ3n) is 24.3. The van der Waals surface area contributed by atoms with Crippen molar-refractivity contribution in [3.05, 3.63) is 121 Å². The van der Waals surface area contributed by atoms with Gasteiger partial charge < -0.3 is 49.7 Å². The van der Waals surface area contributed by atoms with Gasteiger partial charge in [0, 0.05) is 82.0 Å². The van der Waals surface area contributed by atoms with Crippen molar-refractivity contribution >= 4 is 54.8 Å². The van der Waals surface area contributed by atoms with Crippen LogP contribution < -0.4 is 0 Å². The van der Waals surface area contributed by atoms with Gasteiger partial charge in [0.25, 0.3) is 0 Å². The van der Waals surface area contributed by atoms with Crippen molar-refractivity contribution in [2.45, 2.75) is 188 Å². The molecule has 8 fully saturated rings. The third-order valence-corrected chi connectivity index (χ3v) is 24.3. The van der Waals surface area contributed by atoms with Crippen LogP contribution in [0, 0.1) is 22.7 Å². The predicted octanol–water partition coefficient (Wildman–Crippen LogP) is 10.8. The summed E-state index contributed by atoms with van der Waals surface area (Å²) in [6.07, 6.45) is 30.7. The Morgan fingerprint density at radius 3 is 1.50 bits per heavy atom. The SMILES string of the molecule is OC1CC[C@]23C[C@]45CN6CCCC/C=C\CC[C@](O)(C=C(c7nccc8c7[nH]c7ccccc78)[C@@H]4CC6)[C@@H]5N2CCC1O[C@@]12CC[C@@H](O3)[C@@H](O)CCN1[C@@H]1[C@]3(CN4CCCC/C=C\CC[C@]1(O)C=C(c1nccc5c1[nH]c1ccccc15)[C@@H]3CC4)C2. The van der Waals surface area contributed by atoms with E-state index in [4.69, 9.17) is 19.4 Å². The second kappa shape index (κ2) is 20.7. The minimum absolute atomic E-state index is 0.0576. The van der Waals surface area contributed by atoms with E-state index in [1.54, 1.807) is 0 Å². The van der Waals surface area contributed by atoms with Gasteiger partial charge >= 0.3 is 0 Å². The van der Waals surface area contributed by atoms with Gasteiger partial charge in [0.15, 0.2) is 0 Å². The number of para-hydroxylation sites is 2. The van der Waals surface area contributed by atoms with Crippen molar-refractivity contribution in [2.24, 2.45) is 22.7 Å². The van der Waals surface area contributed by atoms with E-state index in [2.05, 4.69) is 127 Å². The number of pyridine rings is 2. The first-order chi connectivity index (χ1) is 42.0. The summed E-state index contributed by atoms with van der Waals surface area (Å²) in [6.45, 7) is 6.66. The molecule has 8 saturated heterocycles. The fraction of sp³-hybridized carbons (Fsp3) is 0.583. The van der Waals surface area contributed by atoms with Crippen molar-refractivity contribution in [1.29, 1.82) is 0 Å². The largest absolute Gasteiger partial charge is 0.390 e. The molecule has 14 heterocycles. The summed E-state index contributed by atoms with van der Waals surface area (Å²) in [5.74, 6) is 0.123. The van der Waals surface area contributed by atoms with Gasteiger partial charge in [-0.1, -0.05) is 60.7 Å². The van der Waals surface area contributed by atoms with Crippen molar-refractivity contribution < 1.29 is 29.9 Å². The number of aliphatic hydroxyl groups excluding tert-OH is 2. The van der Waals surface area contributed by atoms with Gasteiger partial charge in [-0.2, -0.15) is 0 Å². The minimum atomic E-state index is -1.28. The molecule has 14 nitrogen and oxygen atoms in total. The standard InChI is InChI=1S/C72H88N8O6/c81-57-21-31-71-43-67-45-77-35-15-7-4-2-6-14-30-70(84,42-52(53(67)25-37-77)62-64-50(24-34-74-62)48-18-10-12-20-56(48)76-64)66(67)80(71)40-28-60(57)86-72-32-22-59(85-71)58(82)27-39-79(72)65-68(44-72)46-78-36-16-8-3-1-5-13-29-69(65,83)41-51(54(68)26-38-78)61-63-49(23-33-73-61)47-17-9-11-19-55(47)75-63/h1-2,5-6,9-12,17-20,23-24,33-34,41-42,53-54,57-60,65-66,75-76,81-84H,3-4,7-8,13-16,21-22,25-32,35-40,43-46H2/b5-1-,6-2-/t53-,54-,57?,58-,59+,60?,65+,66+,67-,68-,69-,70-,71-,72+/m0/s1. The van der Waals surface area contributed by atoms with Crippen LogP contribution in [0.3, 0.4) is 0 Å². The van der Waals surface area contributed by atoms with E-state index < -0.39 is 57.9 Å². The fourth-order valence-electron chi connectivity index (χ4n) is 21.1. The molecule has 4 spiro atoms. The maximum absolute atomic E-state index is 14.4. The number of nitrogens with one attached hydrogen (secondary N) is 2. The number of piperidine rings is 2. The summed E-state index contributed by atoms with van der Waals surface area (Å²) >= 11 is 0. The Morgan fingerprint density at radius 2 is 0.953 bits per heavy atom. The van der Waals surface area contributed by atoms with Gasteiger partial charge in [-0.3, -0.25) is 19.8 Å². The average molecular weight is 1160 g/mol. The first kappa shape index (κ1) is 55.0. The van der Waals surface area contributed by atoms with E-state index >= 15 is 0 Å². The van der Waals surface area contributed by atoms with Gasteiger partial charge in [-0.05, 0) is 214 Å². The lowest BCUT2D eigenvalue weighted by molar-refractivity contribution is -0.223. The molecule has 4 aromatic heterocycles. The van der Waals surface area contributed by atoms with Crippen molar-refractivity contribution in [3.8, 4) is 0 Å². The van der Waals surface area contributed by atoms with Crippen LogP contribution in [-0.2, 0) is 9.47 Å². The molecule has 2 aromatic carbocycles. The smallest absolute Gasteiger partial charge is 0.123 e. The number of fused-ring (bicyclic) bond motifs is 11.